The summed E-state index contributed by atoms with van der Waals surface area (Å²) >= 11 is 0. The number of nitrogens with zero attached hydrogens (tertiary/aromatic N) is 3. The molecule has 90 valence electrons. The topological polar surface area (TPSA) is 68.8 Å². The van der Waals surface area contributed by atoms with Crippen LogP contribution < -0.4 is 11.1 Å². The quantitative estimate of drug-likeness (QED) is 0.826. The predicted molar refractivity (Wildman–Crippen MR) is 67.6 cm³/mol. The number of anilines is 1. The number of hydrogen-bond acceptors (Lipinski definition) is 4. The minimum Gasteiger partial charge on any atom is -0.357 e. The van der Waals surface area contributed by atoms with Gasteiger partial charge in [0.15, 0.2) is 5.82 Å². The predicted octanol–water partition coefficient (Wildman–Crippen LogP) is 1.10. The molecule has 1 atom stereocenters. The average Bonchev–Trinajstić information content (AvgIpc) is 2.71. The van der Waals surface area contributed by atoms with Gasteiger partial charge in [0.25, 0.3) is 0 Å². The second-order valence-electron chi connectivity index (χ2n) is 3.99. The Balaban J connectivity index is 2.14. The molecule has 0 aliphatic heterocycles. The maximum atomic E-state index is 6.14. The van der Waals surface area contributed by atoms with Gasteiger partial charge in [-0.2, -0.15) is 0 Å². The first-order valence-electron chi connectivity index (χ1n) is 5.59. The summed E-state index contributed by atoms with van der Waals surface area (Å²) in [5.41, 5.74) is 7.35. The number of nitrogens with two attached hydrogens (primary N) is 1. The molecule has 1 heterocycles. The monoisotopic (exact) mass is 231 g/mol. The van der Waals surface area contributed by atoms with Crippen molar-refractivity contribution in [2.75, 3.05) is 12.4 Å². The molecule has 2 aromatic rings. The largest absolute Gasteiger partial charge is 0.357 e. The van der Waals surface area contributed by atoms with Gasteiger partial charge in [0.2, 0.25) is 5.95 Å². The molecule has 0 spiro atoms. The van der Waals surface area contributed by atoms with Crippen LogP contribution in [0.15, 0.2) is 30.3 Å². The van der Waals surface area contributed by atoms with Gasteiger partial charge in [0, 0.05) is 14.1 Å². The SMILES string of the molecule is CNc1nnc(C(N)Cc2ccccc2)n1C. The van der Waals surface area contributed by atoms with E-state index < -0.39 is 0 Å². The summed E-state index contributed by atoms with van der Waals surface area (Å²) in [5.74, 6) is 1.52. The van der Waals surface area contributed by atoms with Crippen molar-refractivity contribution in [2.45, 2.75) is 12.5 Å². The lowest BCUT2D eigenvalue weighted by Crippen LogP contribution is -2.18. The summed E-state index contributed by atoms with van der Waals surface area (Å²) in [6, 6.07) is 10.0. The van der Waals surface area contributed by atoms with Crippen LogP contribution >= 0.6 is 0 Å². The van der Waals surface area contributed by atoms with Gasteiger partial charge in [-0.3, -0.25) is 4.57 Å². The van der Waals surface area contributed by atoms with Crippen molar-refractivity contribution in [1.29, 1.82) is 0 Å². The summed E-state index contributed by atoms with van der Waals surface area (Å²) in [4.78, 5) is 0. The van der Waals surface area contributed by atoms with Crippen LogP contribution in [0.25, 0.3) is 0 Å². The normalized spacial score (nSPS) is 12.4. The summed E-state index contributed by atoms with van der Waals surface area (Å²) < 4.78 is 1.88. The molecule has 0 saturated carbocycles. The van der Waals surface area contributed by atoms with Crippen LogP contribution in [0.2, 0.25) is 0 Å². The Morgan fingerprint density at radius 1 is 1.29 bits per heavy atom. The molecule has 1 aromatic heterocycles. The van der Waals surface area contributed by atoms with Gasteiger partial charge in [-0.25, -0.2) is 0 Å². The Labute approximate surface area is 101 Å². The molecule has 0 bridgehead atoms. The number of rotatable bonds is 4. The molecular formula is C12H17N5. The van der Waals surface area contributed by atoms with E-state index in [1.165, 1.54) is 5.56 Å². The van der Waals surface area contributed by atoms with Crippen LogP contribution in [0.5, 0.6) is 0 Å². The third-order valence-electron chi connectivity index (χ3n) is 2.76. The summed E-state index contributed by atoms with van der Waals surface area (Å²) in [5, 5.41) is 11.1. The molecule has 0 fully saturated rings. The highest BCUT2D eigenvalue weighted by molar-refractivity contribution is 5.25. The standard InChI is InChI=1S/C12H17N5/c1-14-12-16-15-11(17(12)2)10(13)8-9-6-4-3-5-7-9/h3-7,10H,8,13H2,1-2H3,(H,14,16). The van der Waals surface area contributed by atoms with E-state index in [9.17, 15) is 0 Å². The highest BCUT2D eigenvalue weighted by Gasteiger charge is 2.15. The fraction of sp³-hybridized carbons (Fsp3) is 0.333. The van der Waals surface area contributed by atoms with Gasteiger partial charge in [0.1, 0.15) is 0 Å². The molecule has 3 N–H and O–H groups in total. The Kier molecular flexibility index (Phi) is 3.39. The molecule has 0 aliphatic carbocycles. The molecule has 5 heteroatoms. The molecule has 0 radical (unpaired) electrons. The molecule has 1 aromatic carbocycles. The van der Waals surface area contributed by atoms with E-state index in [-0.39, 0.29) is 6.04 Å². The van der Waals surface area contributed by atoms with E-state index in [0.29, 0.717) is 0 Å². The van der Waals surface area contributed by atoms with Crippen molar-refractivity contribution >= 4 is 5.95 Å². The maximum Gasteiger partial charge on any atom is 0.224 e. The molecule has 0 amide bonds. The lowest BCUT2D eigenvalue weighted by atomic mass is 10.1. The van der Waals surface area contributed by atoms with Crippen molar-refractivity contribution in [3.63, 3.8) is 0 Å². The van der Waals surface area contributed by atoms with Crippen molar-refractivity contribution in [3.8, 4) is 0 Å². The zero-order valence-electron chi connectivity index (χ0n) is 10.1. The first-order chi connectivity index (χ1) is 8.22. The minimum atomic E-state index is -0.142. The number of nitrogens with one attached hydrogen (secondary N) is 1. The summed E-state index contributed by atoms with van der Waals surface area (Å²) in [6.45, 7) is 0. The van der Waals surface area contributed by atoms with E-state index in [1.54, 1.807) is 0 Å². The van der Waals surface area contributed by atoms with Crippen molar-refractivity contribution < 1.29 is 0 Å². The molecule has 5 nitrogen and oxygen atoms in total. The molecule has 1 unspecified atom stereocenters. The van der Waals surface area contributed by atoms with E-state index in [2.05, 4.69) is 27.6 Å². The zero-order chi connectivity index (χ0) is 12.3. The number of hydrogen-bond donors (Lipinski definition) is 2. The molecule has 17 heavy (non-hydrogen) atoms. The van der Waals surface area contributed by atoms with Gasteiger partial charge < -0.3 is 11.1 Å². The maximum absolute atomic E-state index is 6.14. The lowest BCUT2D eigenvalue weighted by molar-refractivity contribution is 0.631. The first kappa shape index (κ1) is 11.6. The van der Waals surface area contributed by atoms with E-state index >= 15 is 0 Å². The Morgan fingerprint density at radius 3 is 2.59 bits per heavy atom. The zero-order valence-corrected chi connectivity index (χ0v) is 10.1. The minimum absolute atomic E-state index is 0.142. The lowest BCUT2D eigenvalue weighted by Gasteiger charge is -2.11. The van der Waals surface area contributed by atoms with Gasteiger partial charge in [-0.1, -0.05) is 30.3 Å². The summed E-state index contributed by atoms with van der Waals surface area (Å²) in [7, 11) is 3.72. The molecular weight excluding hydrogens is 214 g/mol. The third kappa shape index (κ3) is 2.45. The van der Waals surface area contributed by atoms with Gasteiger partial charge in [-0.05, 0) is 12.0 Å². The van der Waals surface area contributed by atoms with Gasteiger partial charge in [-0.15, -0.1) is 10.2 Å². The van der Waals surface area contributed by atoms with Crippen LogP contribution in [0.4, 0.5) is 5.95 Å². The molecule has 2 rings (SSSR count). The van der Waals surface area contributed by atoms with E-state index in [4.69, 9.17) is 5.73 Å². The van der Waals surface area contributed by atoms with Crippen molar-refractivity contribution in [1.82, 2.24) is 14.8 Å². The van der Waals surface area contributed by atoms with Crippen LogP contribution in [0.3, 0.4) is 0 Å². The van der Waals surface area contributed by atoms with Gasteiger partial charge >= 0.3 is 0 Å². The van der Waals surface area contributed by atoms with E-state index in [1.807, 2.05) is 36.9 Å². The fourth-order valence-corrected chi connectivity index (χ4v) is 1.84. The van der Waals surface area contributed by atoms with Crippen LogP contribution in [-0.2, 0) is 13.5 Å². The first-order valence-corrected chi connectivity index (χ1v) is 5.59. The Bertz CT molecular complexity index is 477. The average molecular weight is 231 g/mol. The fourth-order valence-electron chi connectivity index (χ4n) is 1.84. The van der Waals surface area contributed by atoms with Crippen LogP contribution in [-0.4, -0.2) is 21.8 Å². The Hall–Kier alpha value is -1.88. The molecule has 0 saturated heterocycles. The highest BCUT2D eigenvalue weighted by Crippen LogP contribution is 2.15. The summed E-state index contributed by atoms with van der Waals surface area (Å²) in [6.07, 6.45) is 0.760. The van der Waals surface area contributed by atoms with E-state index in [0.717, 1.165) is 18.2 Å². The number of benzene rings is 1. The third-order valence-corrected chi connectivity index (χ3v) is 2.76. The highest BCUT2D eigenvalue weighted by atomic mass is 15.3. The molecule has 0 aliphatic rings. The Morgan fingerprint density at radius 2 is 2.00 bits per heavy atom. The second-order valence-corrected chi connectivity index (χ2v) is 3.99. The van der Waals surface area contributed by atoms with Crippen molar-refractivity contribution in [3.05, 3.63) is 41.7 Å². The smallest absolute Gasteiger partial charge is 0.224 e. The van der Waals surface area contributed by atoms with Crippen LogP contribution in [0.1, 0.15) is 17.4 Å². The number of aromatic nitrogens is 3. The second kappa shape index (κ2) is 4.97. The van der Waals surface area contributed by atoms with Crippen LogP contribution in [0, 0.1) is 0 Å². The van der Waals surface area contributed by atoms with Gasteiger partial charge in [0.05, 0.1) is 6.04 Å². The van der Waals surface area contributed by atoms with Crippen molar-refractivity contribution in [2.24, 2.45) is 12.8 Å².